The third-order valence-corrected chi connectivity index (χ3v) is 6.44. The highest BCUT2D eigenvalue weighted by atomic mass is 16.5. The Balaban J connectivity index is 1.39. The highest BCUT2D eigenvalue weighted by Crippen LogP contribution is 2.40. The van der Waals surface area contributed by atoms with Crippen LogP contribution in [0.2, 0.25) is 0 Å². The fourth-order valence-electron chi connectivity index (χ4n) is 4.54. The van der Waals surface area contributed by atoms with E-state index >= 15 is 0 Å². The molecule has 0 bridgehead atoms. The minimum Gasteiger partial charge on any atom is -0.503 e. The van der Waals surface area contributed by atoms with Crippen molar-refractivity contribution in [2.24, 2.45) is 0 Å². The highest BCUT2D eigenvalue weighted by molar-refractivity contribution is 6.09. The quantitative estimate of drug-likeness (QED) is 0.295. The van der Waals surface area contributed by atoms with E-state index < -0.39 is 17.7 Å². The van der Waals surface area contributed by atoms with Crippen molar-refractivity contribution in [3.8, 4) is 5.75 Å². The van der Waals surface area contributed by atoms with E-state index in [-0.39, 0.29) is 24.3 Å². The molecule has 0 aliphatic carbocycles. The van der Waals surface area contributed by atoms with Crippen LogP contribution in [0.5, 0.6) is 5.75 Å². The topological polar surface area (TPSA) is 80.0 Å². The molecule has 1 unspecified atom stereocenters. The first-order valence-electron chi connectivity index (χ1n) is 12.2. The molecule has 1 aliphatic heterocycles. The number of Topliss-reactive ketones (excluding diaryl/α,β-unsaturated/α-hetero) is 1. The molecule has 1 aromatic heterocycles. The summed E-state index contributed by atoms with van der Waals surface area (Å²) in [5.74, 6) is -0.120. The van der Waals surface area contributed by atoms with Crippen LogP contribution >= 0.6 is 0 Å². The molecule has 37 heavy (non-hydrogen) atoms. The van der Waals surface area contributed by atoms with Gasteiger partial charge in [0.25, 0.3) is 5.91 Å². The molecule has 0 saturated heterocycles. The number of aliphatic hydroxyl groups is 1. The third-order valence-electron chi connectivity index (χ3n) is 6.44. The molecule has 0 fully saturated rings. The van der Waals surface area contributed by atoms with Gasteiger partial charge in [0.15, 0.2) is 11.5 Å². The van der Waals surface area contributed by atoms with Gasteiger partial charge < -0.3 is 19.2 Å². The van der Waals surface area contributed by atoms with E-state index in [9.17, 15) is 14.7 Å². The monoisotopic (exact) mass is 493 g/mol. The van der Waals surface area contributed by atoms with Crippen molar-refractivity contribution >= 4 is 11.7 Å². The maximum atomic E-state index is 13.4. The van der Waals surface area contributed by atoms with E-state index in [4.69, 9.17) is 9.15 Å². The summed E-state index contributed by atoms with van der Waals surface area (Å²) < 4.78 is 11.4. The van der Waals surface area contributed by atoms with Crippen LogP contribution in [0.25, 0.3) is 0 Å². The van der Waals surface area contributed by atoms with Gasteiger partial charge in [-0.05, 0) is 47.4 Å². The molecule has 0 radical (unpaired) electrons. The zero-order valence-corrected chi connectivity index (χ0v) is 20.2. The number of furan rings is 1. The molecule has 0 saturated carbocycles. The fraction of sp³-hybridized carbons (Fsp3) is 0.161. The first-order chi connectivity index (χ1) is 18.1. The average molecular weight is 494 g/mol. The smallest absolute Gasteiger partial charge is 0.290 e. The predicted octanol–water partition coefficient (Wildman–Crippen LogP) is 5.96. The second-order valence-corrected chi connectivity index (χ2v) is 8.93. The number of amides is 1. The average Bonchev–Trinajstić information content (AvgIpc) is 3.54. The van der Waals surface area contributed by atoms with Crippen LogP contribution in [0, 0.1) is 0 Å². The Morgan fingerprint density at radius 1 is 0.865 bits per heavy atom. The Morgan fingerprint density at radius 2 is 1.54 bits per heavy atom. The van der Waals surface area contributed by atoms with Crippen LogP contribution in [-0.2, 0) is 29.2 Å². The number of hydrogen-bond acceptors (Lipinski definition) is 5. The van der Waals surface area contributed by atoms with Crippen LogP contribution in [0.1, 0.15) is 34.9 Å². The Kier molecular flexibility index (Phi) is 7.17. The maximum Gasteiger partial charge on any atom is 0.290 e. The molecule has 3 aromatic carbocycles. The summed E-state index contributed by atoms with van der Waals surface area (Å²) in [6, 6.07) is 29.6. The summed E-state index contributed by atoms with van der Waals surface area (Å²) in [6.07, 6.45) is 2.23. The van der Waals surface area contributed by atoms with Crippen molar-refractivity contribution in [1.29, 1.82) is 0 Å². The first-order valence-corrected chi connectivity index (χ1v) is 12.2. The van der Waals surface area contributed by atoms with E-state index in [1.54, 1.807) is 12.1 Å². The number of ether oxygens (including phenoxy) is 1. The van der Waals surface area contributed by atoms with E-state index in [0.29, 0.717) is 30.1 Å². The largest absolute Gasteiger partial charge is 0.503 e. The molecule has 1 N–H and O–H groups in total. The molecule has 1 amide bonds. The van der Waals surface area contributed by atoms with Crippen molar-refractivity contribution in [3.63, 3.8) is 0 Å². The SMILES string of the molecule is O=C(CCc1ccccc1)C1=C(O)C(=O)N(Cc2ccco2)C1c1ccc(OCc2ccccc2)cc1. The van der Waals surface area contributed by atoms with Crippen molar-refractivity contribution in [2.75, 3.05) is 0 Å². The number of hydrogen-bond donors (Lipinski definition) is 1. The number of benzene rings is 3. The fourth-order valence-corrected chi connectivity index (χ4v) is 4.54. The molecule has 1 aliphatic rings. The van der Waals surface area contributed by atoms with Gasteiger partial charge in [-0.1, -0.05) is 72.8 Å². The van der Waals surface area contributed by atoms with Crippen molar-refractivity contribution in [2.45, 2.75) is 32.0 Å². The van der Waals surface area contributed by atoms with E-state index in [2.05, 4.69) is 0 Å². The van der Waals surface area contributed by atoms with Gasteiger partial charge in [0.1, 0.15) is 18.1 Å². The number of ketones is 1. The molecule has 6 nitrogen and oxygen atoms in total. The zero-order chi connectivity index (χ0) is 25.6. The Morgan fingerprint density at radius 3 is 2.19 bits per heavy atom. The lowest BCUT2D eigenvalue weighted by Crippen LogP contribution is -2.30. The van der Waals surface area contributed by atoms with E-state index in [1.165, 1.54) is 11.2 Å². The Hall–Kier alpha value is -4.58. The molecular weight excluding hydrogens is 466 g/mol. The first kappa shape index (κ1) is 24.1. The molecule has 0 spiro atoms. The second kappa shape index (κ2) is 11.0. The summed E-state index contributed by atoms with van der Waals surface area (Å²) in [6.45, 7) is 0.554. The van der Waals surface area contributed by atoms with E-state index in [0.717, 1.165) is 11.1 Å². The summed E-state index contributed by atoms with van der Waals surface area (Å²) in [7, 11) is 0. The molecule has 4 aromatic rings. The van der Waals surface area contributed by atoms with Gasteiger partial charge >= 0.3 is 0 Å². The van der Waals surface area contributed by atoms with Gasteiger partial charge in [0, 0.05) is 6.42 Å². The van der Waals surface area contributed by atoms with Gasteiger partial charge in [0.2, 0.25) is 0 Å². The molecule has 5 rings (SSSR count). The van der Waals surface area contributed by atoms with Crippen LogP contribution in [0.4, 0.5) is 0 Å². The minimum atomic E-state index is -0.732. The number of rotatable bonds is 10. The number of aliphatic hydroxyl groups excluding tert-OH is 1. The zero-order valence-electron chi connectivity index (χ0n) is 20.2. The van der Waals surface area contributed by atoms with Crippen LogP contribution in [0.15, 0.2) is 119 Å². The lowest BCUT2D eigenvalue weighted by atomic mass is 9.93. The number of nitrogens with zero attached hydrogens (tertiary/aromatic N) is 1. The molecule has 6 heteroatoms. The van der Waals surface area contributed by atoms with Gasteiger partial charge in [-0.25, -0.2) is 0 Å². The lowest BCUT2D eigenvalue weighted by molar-refractivity contribution is -0.130. The number of aryl methyl sites for hydroxylation is 1. The van der Waals surface area contributed by atoms with Gasteiger partial charge in [0.05, 0.1) is 24.4 Å². The second-order valence-electron chi connectivity index (χ2n) is 8.93. The van der Waals surface area contributed by atoms with Crippen molar-refractivity contribution < 1.29 is 23.8 Å². The summed E-state index contributed by atoms with van der Waals surface area (Å²) in [4.78, 5) is 28.0. The Labute approximate surface area is 215 Å². The third kappa shape index (κ3) is 5.48. The van der Waals surface area contributed by atoms with Crippen molar-refractivity contribution in [1.82, 2.24) is 4.90 Å². The van der Waals surface area contributed by atoms with Gasteiger partial charge in [-0.2, -0.15) is 0 Å². The number of carbonyl (C=O) groups excluding carboxylic acids is 2. The van der Waals surface area contributed by atoms with Crippen LogP contribution in [0.3, 0.4) is 0 Å². The summed E-state index contributed by atoms with van der Waals surface area (Å²) >= 11 is 0. The van der Waals surface area contributed by atoms with Crippen LogP contribution in [-0.4, -0.2) is 21.7 Å². The van der Waals surface area contributed by atoms with Gasteiger partial charge in [-0.3, -0.25) is 9.59 Å². The molecular formula is C31H27NO5. The lowest BCUT2D eigenvalue weighted by Gasteiger charge is -2.26. The predicted molar refractivity (Wildman–Crippen MR) is 139 cm³/mol. The standard InChI is InChI=1S/C31H27NO5/c33-27(18-13-22-8-3-1-4-9-22)28-29(32(31(35)30(28)34)20-26-12-7-19-36-26)24-14-16-25(17-15-24)37-21-23-10-5-2-6-11-23/h1-12,14-17,19,29,34H,13,18,20-21H2. The van der Waals surface area contributed by atoms with Crippen LogP contribution < -0.4 is 4.74 Å². The van der Waals surface area contributed by atoms with Crippen molar-refractivity contribution in [3.05, 3.63) is 137 Å². The highest BCUT2D eigenvalue weighted by Gasteiger charge is 2.43. The molecule has 2 heterocycles. The van der Waals surface area contributed by atoms with Gasteiger partial charge in [-0.15, -0.1) is 0 Å². The normalized spacial score (nSPS) is 15.3. The minimum absolute atomic E-state index is 0.116. The molecule has 1 atom stereocenters. The van der Waals surface area contributed by atoms with E-state index in [1.807, 2.05) is 84.9 Å². The number of carbonyl (C=O) groups is 2. The maximum absolute atomic E-state index is 13.4. The summed E-state index contributed by atoms with van der Waals surface area (Å²) in [5, 5.41) is 10.8. The summed E-state index contributed by atoms with van der Waals surface area (Å²) in [5.41, 5.74) is 2.89. The molecule has 186 valence electrons. The Bertz CT molecular complexity index is 1380.